The molecule has 0 amide bonds. The number of anilines is 1. The lowest BCUT2D eigenvalue weighted by atomic mass is 10.1. The SMILES string of the molecule is CCC1COCCN1c1cccc(Br)c1CN. The molecule has 1 aromatic carbocycles. The van der Waals surface area contributed by atoms with E-state index in [1.807, 2.05) is 6.07 Å². The first-order chi connectivity index (χ1) is 8.27. The molecule has 1 aliphatic rings. The Kier molecular flexibility index (Phi) is 4.42. The van der Waals surface area contributed by atoms with Gasteiger partial charge in [0.05, 0.1) is 19.3 Å². The van der Waals surface area contributed by atoms with Crippen LogP contribution in [0.1, 0.15) is 18.9 Å². The van der Waals surface area contributed by atoms with Gasteiger partial charge in [-0.1, -0.05) is 28.9 Å². The van der Waals surface area contributed by atoms with Crippen LogP contribution in [0.4, 0.5) is 5.69 Å². The second kappa shape index (κ2) is 5.85. The molecule has 3 nitrogen and oxygen atoms in total. The lowest BCUT2D eigenvalue weighted by Gasteiger charge is -2.38. The summed E-state index contributed by atoms with van der Waals surface area (Å²) in [7, 11) is 0. The van der Waals surface area contributed by atoms with Crippen molar-refractivity contribution in [2.75, 3.05) is 24.7 Å². The molecule has 0 spiro atoms. The van der Waals surface area contributed by atoms with E-state index in [1.54, 1.807) is 0 Å². The molecule has 0 radical (unpaired) electrons. The fourth-order valence-corrected chi connectivity index (χ4v) is 2.85. The minimum absolute atomic E-state index is 0.461. The van der Waals surface area contributed by atoms with E-state index in [1.165, 1.54) is 11.3 Å². The van der Waals surface area contributed by atoms with Gasteiger partial charge in [-0.2, -0.15) is 0 Å². The fraction of sp³-hybridized carbons (Fsp3) is 0.538. The Labute approximate surface area is 111 Å². The molecule has 0 aliphatic carbocycles. The number of benzene rings is 1. The van der Waals surface area contributed by atoms with Gasteiger partial charge in [0.2, 0.25) is 0 Å². The summed E-state index contributed by atoms with van der Waals surface area (Å²) >= 11 is 3.58. The van der Waals surface area contributed by atoms with Crippen LogP contribution in [0.5, 0.6) is 0 Å². The maximum atomic E-state index is 5.86. The van der Waals surface area contributed by atoms with Gasteiger partial charge >= 0.3 is 0 Å². The minimum Gasteiger partial charge on any atom is -0.377 e. The van der Waals surface area contributed by atoms with E-state index in [2.05, 4.69) is 39.9 Å². The van der Waals surface area contributed by atoms with Gasteiger partial charge in [-0.25, -0.2) is 0 Å². The van der Waals surface area contributed by atoms with Gasteiger partial charge in [0.25, 0.3) is 0 Å². The van der Waals surface area contributed by atoms with Gasteiger partial charge in [0.1, 0.15) is 0 Å². The highest BCUT2D eigenvalue weighted by Gasteiger charge is 2.23. The monoisotopic (exact) mass is 298 g/mol. The topological polar surface area (TPSA) is 38.5 Å². The summed E-state index contributed by atoms with van der Waals surface area (Å²) in [5, 5.41) is 0. The van der Waals surface area contributed by atoms with Crippen molar-refractivity contribution in [3.05, 3.63) is 28.2 Å². The quantitative estimate of drug-likeness (QED) is 0.932. The summed E-state index contributed by atoms with van der Waals surface area (Å²) in [6, 6.07) is 6.73. The lowest BCUT2D eigenvalue weighted by Crippen LogP contribution is -2.45. The maximum Gasteiger partial charge on any atom is 0.0670 e. The number of hydrogen-bond acceptors (Lipinski definition) is 3. The van der Waals surface area contributed by atoms with Gasteiger partial charge in [-0.15, -0.1) is 0 Å². The van der Waals surface area contributed by atoms with E-state index in [0.717, 1.165) is 30.7 Å². The van der Waals surface area contributed by atoms with E-state index in [9.17, 15) is 0 Å². The largest absolute Gasteiger partial charge is 0.377 e. The molecule has 1 unspecified atom stereocenters. The molecule has 17 heavy (non-hydrogen) atoms. The Balaban J connectivity index is 2.34. The minimum atomic E-state index is 0.461. The second-order valence-corrected chi connectivity index (χ2v) is 5.13. The number of nitrogens with zero attached hydrogens (tertiary/aromatic N) is 1. The first kappa shape index (κ1) is 12.9. The number of nitrogens with two attached hydrogens (primary N) is 1. The van der Waals surface area contributed by atoms with E-state index in [4.69, 9.17) is 10.5 Å². The molecule has 2 N–H and O–H groups in total. The van der Waals surface area contributed by atoms with Gasteiger partial charge in [-0.05, 0) is 18.6 Å². The van der Waals surface area contributed by atoms with Gasteiger partial charge < -0.3 is 15.4 Å². The van der Waals surface area contributed by atoms with E-state index < -0.39 is 0 Å². The first-order valence-corrected chi connectivity index (χ1v) is 6.89. The summed E-state index contributed by atoms with van der Waals surface area (Å²) in [5.41, 5.74) is 8.29. The van der Waals surface area contributed by atoms with Crippen molar-refractivity contribution in [3.8, 4) is 0 Å². The van der Waals surface area contributed by atoms with Crippen LogP contribution in [0, 0.1) is 0 Å². The highest BCUT2D eigenvalue weighted by Crippen LogP contribution is 2.30. The molecule has 2 rings (SSSR count). The zero-order valence-electron chi connectivity index (χ0n) is 10.2. The van der Waals surface area contributed by atoms with Crippen LogP contribution in [-0.2, 0) is 11.3 Å². The van der Waals surface area contributed by atoms with Gasteiger partial charge in [0, 0.05) is 28.8 Å². The maximum absolute atomic E-state index is 5.86. The van der Waals surface area contributed by atoms with Crippen LogP contribution in [0.2, 0.25) is 0 Å². The number of hydrogen-bond donors (Lipinski definition) is 1. The standard InChI is InChI=1S/C13H19BrN2O/c1-2-10-9-17-7-6-16(10)13-5-3-4-12(14)11(13)8-15/h3-5,10H,2,6-9,15H2,1H3. The third-order valence-electron chi connectivity index (χ3n) is 3.31. The molecule has 0 aromatic heterocycles. The molecule has 0 bridgehead atoms. The van der Waals surface area contributed by atoms with Crippen molar-refractivity contribution in [2.45, 2.75) is 25.9 Å². The predicted octanol–water partition coefficient (Wildman–Crippen LogP) is 2.52. The molecule has 94 valence electrons. The fourth-order valence-electron chi connectivity index (χ4n) is 2.33. The average Bonchev–Trinajstić information content (AvgIpc) is 2.38. The van der Waals surface area contributed by atoms with Crippen molar-refractivity contribution in [1.29, 1.82) is 0 Å². The van der Waals surface area contributed by atoms with Crippen molar-refractivity contribution in [3.63, 3.8) is 0 Å². The first-order valence-electron chi connectivity index (χ1n) is 6.09. The smallest absolute Gasteiger partial charge is 0.0670 e. The molecule has 1 aliphatic heterocycles. The average molecular weight is 299 g/mol. The summed E-state index contributed by atoms with van der Waals surface area (Å²) in [6.07, 6.45) is 1.09. The van der Waals surface area contributed by atoms with Crippen LogP contribution in [0.15, 0.2) is 22.7 Å². The van der Waals surface area contributed by atoms with Gasteiger partial charge in [0.15, 0.2) is 0 Å². The molecule has 1 saturated heterocycles. The van der Waals surface area contributed by atoms with Crippen LogP contribution >= 0.6 is 15.9 Å². The molecule has 1 aromatic rings. The summed E-state index contributed by atoms with van der Waals surface area (Å²) < 4.78 is 6.64. The third-order valence-corrected chi connectivity index (χ3v) is 4.05. The highest BCUT2D eigenvalue weighted by atomic mass is 79.9. The van der Waals surface area contributed by atoms with Crippen LogP contribution < -0.4 is 10.6 Å². The van der Waals surface area contributed by atoms with Crippen LogP contribution in [0.25, 0.3) is 0 Å². The highest BCUT2D eigenvalue weighted by molar-refractivity contribution is 9.10. The number of morpholine rings is 1. The van der Waals surface area contributed by atoms with Crippen molar-refractivity contribution in [1.82, 2.24) is 0 Å². The Morgan fingerprint density at radius 1 is 1.53 bits per heavy atom. The summed E-state index contributed by atoms with van der Waals surface area (Å²) in [4.78, 5) is 2.43. The third kappa shape index (κ3) is 2.64. The number of halogens is 1. The molecule has 4 heteroatoms. The van der Waals surface area contributed by atoms with E-state index >= 15 is 0 Å². The summed E-state index contributed by atoms with van der Waals surface area (Å²) in [5.74, 6) is 0. The molecule has 0 saturated carbocycles. The van der Waals surface area contributed by atoms with Gasteiger partial charge in [-0.3, -0.25) is 0 Å². The normalized spacial score (nSPS) is 20.6. The lowest BCUT2D eigenvalue weighted by molar-refractivity contribution is 0.0929. The van der Waals surface area contributed by atoms with Crippen molar-refractivity contribution < 1.29 is 4.74 Å². The zero-order chi connectivity index (χ0) is 12.3. The second-order valence-electron chi connectivity index (χ2n) is 4.27. The van der Waals surface area contributed by atoms with Crippen LogP contribution in [-0.4, -0.2) is 25.8 Å². The Bertz CT molecular complexity index is 384. The van der Waals surface area contributed by atoms with Crippen molar-refractivity contribution in [2.24, 2.45) is 5.73 Å². The molecular weight excluding hydrogens is 280 g/mol. The van der Waals surface area contributed by atoms with E-state index in [-0.39, 0.29) is 0 Å². The molecular formula is C13H19BrN2O. The van der Waals surface area contributed by atoms with E-state index in [0.29, 0.717) is 12.6 Å². The van der Waals surface area contributed by atoms with Crippen molar-refractivity contribution >= 4 is 21.6 Å². The Morgan fingerprint density at radius 3 is 3.06 bits per heavy atom. The number of rotatable bonds is 3. The number of ether oxygens (including phenoxy) is 1. The molecule has 1 fully saturated rings. The Hall–Kier alpha value is -0.580. The summed E-state index contributed by atoms with van der Waals surface area (Å²) in [6.45, 7) is 5.32. The van der Waals surface area contributed by atoms with Crippen LogP contribution in [0.3, 0.4) is 0 Å². The molecule has 1 heterocycles. The molecule has 1 atom stereocenters. The zero-order valence-corrected chi connectivity index (χ0v) is 11.7. The predicted molar refractivity (Wildman–Crippen MR) is 74.3 cm³/mol. The Morgan fingerprint density at radius 2 is 2.35 bits per heavy atom.